The van der Waals surface area contributed by atoms with E-state index in [9.17, 15) is 4.79 Å². The Morgan fingerprint density at radius 2 is 1.81 bits per heavy atom. The molecule has 0 atom stereocenters. The number of hydrogen-bond acceptors (Lipinski definition) is 2. The summed E-state index contributed by atoms with van der Waals surface area (Å²) < 4.78 is 0. The zero-order valence-corrected chi connectivity index (χ0v) is 13.1. The van der Waals surface area contributed by atoms with Crippen LogP contribution in [0.2, 0.25) is 0 Å². The zero-order chi connectivity index (χ0) is 15.4. The second kappa shape index (κ2) is 6.44. The first-order valence-electron chi connectivity index (χ1n) is 7.23. The highest BCUT2D eigenvalue weighted by Crippen LogP contribution is 2.23. The molecule has 1 N–H and O–H groups in total. The Morgan fingerprint density at radius 3 is 2.43 bits per heavy atom. The minimum atomic E-state index is 0.0242. The first-order valence-corrected chi connectivity index (χ1v) is 7.23. The molecule has 3 heteroatoms. The number of carbonyl (C=O) groups is 1. The van der Waals surface area contributed by atoms with Gasteiger partial charge in [-0.05, 0) is 50.6 Å². The average Bonchev–Trinajstić information content (AvgIpc) is 2.48. The van der Waals surface area contributed by atoms with E-state index in [1.807, 2.05) is 75.2 Å². The Kier molecular flexibility index (Phi) is 4.63. The molecule has 0 saturated carbocycles. The monoisotopic (exact) mass is 282 g/mol. The van der Waals surface area contributed by atoms with E-state index in [2.05, 4.69) is 5.32 Å². The van der Waals surface area contributed by atoms with Gasteiger partial charge in [0.25, 0.3) is 5.91 Å². The zero-order valence-electron chi connectivity index (χ0n) is 13.1. The van der Waals surface area contributed by atoms with Crippen LogP contribution in [0, 0.1) is 13.8 Å². The lowest BCUT2D eigenvalue weighted by Gasteiger charge is -2.23. The minimum absolute atomic E-state index is 0.0242. The van der Waals surface area contributed by atoms with E-state index in [1.165, 1.54) is 0 Å². The number of nitrogens with zero attached hydrogens (tertiary/aromatic N) is 1. The van der Waals surface area contributed by atoms with Gasteiger partial charge in [0.05, 0.1) is 5.56 Å². The number of hydrogen-bond donors (Lipinski definition) is 1. The molecule has 2 rings (SSSR count). The number of rotatable bonds is 4. The molecule has 0 bridgehead atoms. The van der Waals surface area contributed by atoms with Gasteiger partial charge in [0.1, 0.15) is 0 Å². The van der Waals surface area contributed by atoms with Crippen molar-refractivity contribution in [1.82, 2.24) is 0 Å². The molecule has 0 aromatic heterocycles. The van der Waals surface area contributed by atoms with Crippen molar-refractivity contribution >= 4 is 17.3 Å². The van der Waals surface area contributed by atoms with Crippen molar-refractivity contribution in [2.75, 3.05) is 23.8 Å². The third kappa shape index (κ3) is 3.24. The molecule has 2 aromatic carbocycles. The van der Waals surface area contributed by atoms with Crippen LogP contribution in [0.15, 0.2) is 42.5 Å². The van der Waals surface area contributed by atoms with Crippen molar-refractivity contribution in [3.05, 3.63) is 59.2 Å². The molecule has 0 fully saturated rings. The van der Waals surface area contributed by atoms with Crippen molar-refractivity contribution in [2.45, 2.75) is 20.8 Å². The van der Waals surface area contributed by atoms with Crippen molar-refractivity contribution in [3.63, 3.8) is 0 Å². The number of carbonyl (C=O) groups excluding carboxylic acids is 1. The van der Waals surface area contributed by atoms with Gasteiger partial charge in [-0.2, -0.15) is 0 Å². The van der Waals surface area contributed by atoms with Gasteiger partial charge in [-0.25, -0.2) is 0 Å². The van der Waals surface area contributed by atoms with Crippen LogP contribution in [0.1, 0.15) is 28.4 Å². The molecule has 110 valence electrons. The lowest BCUT2D eigenvalue weighted by atomic mass is 10.1. The van der Waals surface area contributed by atoms with Crippen LogP contribution < -0.4 is 10.2 Å². The van der Waals surface area contributed by atoms with Crippen LogP contribution in [0.5, 0.6) is 0 Å². The summed E-state index contributed by atoms with van der Waals surface area (Å²) in [4.78, 5) is 14.7. The van der Waals surface area contributed by atoms with E-state index in [4.69, 9.17) is 0 Å². The Morgan fingerprint density at radius 1 is 1.10 bits per heavy atom. The van der Waals surface area contributed by atoms with Crippen molar-refractivity contribution < 1.29 is 4.79 Å². The molecule has 0 aliphatic rings. The van der Waals surface area contributed by atoms with Crippen LogP contribution in [0.4, 0.5) is 11.4 Å². The van der Waals surface area contributed by atoms with E-state index < -0.39 is 0 Å². The summed E-state index contributed by atoms with van der Waals surface area (Å²) in [5.41, 5.74) is 4.73. The normalized spacial score (nSPS) is 10.3. The topological polar surface area (TPSA) is 32.3 Å². The van der Waals surface area contributed by atoms with Crippen molar-refractivity contribution in [1.29, 1.82) is 0 Å². The standard InChI is InChI=1S/C18H22N2O/c1-5-20(15-8-6-7-13(2)11-15)18(21)16-12-14(3)9-10-17(16)19-4/h6-12,19H,5H2,1-4H3. The minimum Gasteiger partial charge on any atom is -0.387 e. The third-order valence-corrected chi connectivity index (χ3v) is 3.55. The molecule has 0 aliphatic heterocycles. The Bertz CT molecular complexity index is 649. The van der Waals surface area contributed by atoms with Gasteiger partial charge in [-0.15, -0.1) is 0 Å². The lowest BCUT2D eigenvalue weighted by Crippen LogP contribution is -2.31. The smallest absolute Gasteiger partial charge is 0.260 e. The molecule has 0 radical (unpaired) electrons. The van der Waals surface area contributed by atoms with Gasteiger partial charge in [0.2, 0.25) is 0 Å². The predicted molar refractivity (Wildman–Crippen MR) is 89.3 cm³/mol. The van der Waals surface area contributed by atoms with Crippen LogP contribution >= 0.6 is 0 Å². The first-order chi connectivity index (χ1) is 10.1. The molecule has 3 nitrogen and oxygen atoms in total. The SMILES string of the molecule is CCN(C(=O)c1cc(C)ccc1NC)c1cccc(C)c1. The van der Waals surface area contributed by atoms with Crippen LogP contribution in [-0.2, 0) is 0 Å². The summed E-state index contributed by atoms with van der Waals surface area (Å²) in [7, 11) is 1.84. The van der Waals surface area contributed by atoms with Crippen LogP contribution in [-0.4, -0.2) is 19.5 Å². The van der Waals surface area contributed by atoms with Crippen molar-refractivity contribution in [2.24, 2.45) is 0 Å². The predicted octanol–water partition coefficient (Wildman–Crippen LogP) is 4.01. The molecule has 0 saturated heterocycles. The van der Waals surface area contributed by atoms with E-state index in [-0.39, 0.29) is 5.91 Å². The molecule has 2 aromatic rings. The van der Waals surface area contributed by atoms with Crippen molar-refractivity contribution in [3.8, 4) is 0 Å². The molecule has 21 heavy (non-hydrogen) atoms. The fourth-order valence-electron chi connectivity index (χ4n) is 2.44. The summed E-state index contributed by atoms with van der Waals surface area (Å²) in [5.74, 6) is 0.0242. The Hall–Kier alpha value is -2.29. The van der Waals surface area contributed by atoms with E-state index >= 15 is 0 Å². The molecule has 0 heterocycles. The van der Waals surface area contributed by atoms with Gasteiger partial charge < -0.3 is 10.2 Å². The highest BCUT2D eigenvalue weighted by Gasteiger charge is 2.19. The Labute approximate surface area is 126 Å². The number of nitrogens with one attached hydrogen (secondary N) is 1. The second-order valence-corrected chi connectivity index (χ2v) is 5.19. The maximum absolute atomic E-state index is 12.9. The Balaban J connectivity index is 2.43. The summed E-state index contributed by atoms with van der Waals surface area (Å²) in [6, 6.07) is 13.9. The molecule has 0 unspecified atom stereocenters. The van der Waals surface area contributed by atoms with E-state index in [0.717, 1.165) is 22.5 Å². The maximum Gasteiger partial charge on any atom is 0.260 e. The summed E-state index contributed by atoms with van der Waals surface area (Å²) in [5, 5.41) is 3.10. The van der Waals surface area contributed by atoms with Crippen LogP contribution in [0.3, 0.4) is 0 Å². The highest BCUT2D eigenvalue weighted by atomic mass is 16.2. The largest absolute Gasteiger partial charge is 0.387 e. The van der Waals surface area contributed by atoms with E-state index in [1.54, 1.807) is 0 Å². The fraction of sp³-hybridized carbons (Fsp3) is 0.278. The fourth-order valence-corrected chi connectivity index (χ4v) is 2.44. The number of amides is 1. The molecule has 0 aliphatic carbocycles. The molecule has 0 spiro atoms. The van der Waals surface area contributed by atoms with Crippen LogP contribution in [0.25, 0.3) is 0 Å². The highest BCUT2D eigenvalue weighted by molar-refractivity contribution is 6.09. The van der Waals surface area contributed by atoms with Gasteiger partial charge in [0, 0.05) is 25.0 Å². The summed E-state index contributed by atoms with van der Waals surface area (Å²) >= 11 is 0. The molecule has 1 amide bonds. The molecular formula is C18H22N2O. The van der Waals surface area contributed by atoms with Gasteiger partial charge in [-0.1, -0.05) is 23.8 Å². The number of aryl methyl sites for hydroxylation is 2. The lowest BCUT2D eigenvalue weighted by molar-refractivity contribution is 0.0989. The third-order valence-electron chi connectivity index (χ3n) is 3.55. The van der Waals surface area contributed by atoms with E-state index in [0.29, 0.717) is 12.1 Å². The summed E-state index contributed by atoms with van der Waals surface area (Å²) in [6.07, 6.45) is 0. The maximum atomic E-state index is 12.9. The number of anilines is 2. The number of benzene rings is 2. The molecular weight excluding hydrogens is 260 g/mol. The second-order valence-electron chi connectivity index (χ2n) is 5.19. The van der Waals surface area contributed by atoms with Gasteiger partial charge in [-0.3, -0.25) is 4.79 Å². The summed E-state index contributed by atoms with van der Waals surface area (Å²) in [6.45, 7) is 6.67. The van der Waals surface area contributed by atoms with Gasteiger partial charge in [0.15, 0.2) is 0 Å². The van der Waals surface area contributed by atoms with Gasteiger partial charge >= 0.3 is 0 Å². The first kappa shape index (κ1) is 15.1. The average molecular weight is 282 g/mol. The quantitative estimate of drug-likeness (QED) is 0.919.